The molecule has 0 aromatic rings. The van der Waals surface area contributed by atoms with Crippen LogP contribution in [0.5, 0.6) is 0 Å². The summed E-state index contributed by atoms with van der Waals surface area (Å²) in [6.45, 7) is 11.8. The Kier molecular flexibility index (Phi) is 4.74. The first kappa shape index (κ1) is 11.0. The Bertz CT molecular complexity index is 128. The fourth-order valence-corrected chi connectivity index (χ4v) is 2.07. The van der Waals surface area contributed by atoms with Crippen LogP contribution in [-0.4, -0.2) is 37.1 Å². The van der Waals surface area contributed by atoms with E-state index >= 15 is 0 Å². The van der Waals surface area contributed by atoms with Gasteiger partial charge in [0.25, 0.3) is 0 Å². The second kappa shape index (κ2) is 5.61. The monoisotopic (exact) mass is 184 g/mol. The molecular weight excluding hydrogens is 160 g/mol. The molecular formula is C11H24N2. The SMILES string of the molecule is CCN(CC(C)C)C[C@@H]1CCCN1. The molecule has 2 heteroatoms. The molecule has 0 aromatic carbocycles. The van der Waals surface area contributed by atoms with Crippen LogP contribution in [0.25, 0.3) is 0 Å². The summed E-state index contributed by atoms with van der Waals surface area (Å²) in [7, 11) is 0. The highest BCUT2D eigenvalue weighted by molar-refractivity contribution is 4.77. The van der Waals surface area contributed by atoms with E-state index < -0.39 is 0 Å². The van der Waals surface area contributed by atoms with Gasteiger partial charge in [0.05, 0.1) is 0 Å². The average Bonchev–Trinajstić information content (AvgIpc) is 2.55. The number of hydrogen-bond acceptors (Lipinski definition) is 2. The molecule has 0 aromatic heterocycles. The van der Waals surface area contributed by atoms with Crippen LogP contribution in [0.15, 0.2) is 0 Å². The summed E-state index contributed by atoms with van der Waals surface area (Å²) in [6.07, 6.45) is 2.73. The molecule has 13 heavy (non-hydrogen) atoms. The van der Waals surface area contributed by atoms with Gasteiger partial charge in [-0.15, -0.1) is 0 Å². The van der Waals surface area contributed by atoms with Crippen LogP contribution in [0.1, 0.15) is 33.6 Å². The molecule has 0 aliphatic carbocycles. The number of hydrogen-bond donors (Lipinski definition) is 1. The fraction of sp³-hybridized carbons (Fsp3) is 1.00. The minimum atomic E-state index is 0.763. The van der Waals surface area contributed by atoms with E-state index in [4.69, 9.17) is 0 Å². The Labute approximate surface area is 82.7 Å². The zero-order chi connectivity index (χ0) is 9.68. The maximum Gasteiger partial charge on any atom is 0.0195 e. The summed E-state index contributed by atoms with van der Waals surface area (Å²) in [5.41, 5.74) is 0. The Hall–Kier alpha value is -0.0800. The van der Waals surface area contributed by atoms with Crippen LogP contribution in [-0.2, 0) is 0 Å². The van der Waals surface area contributed by atoms with Crippen molar-refractivity contribution in [2.75, 3.05) is 26.2 Å². The van der Waals surface area contributed by atoms with Gasteiger partial charge in [-0.25, -0.2) is 0 Å². The minimum Gasteiger partial charge on any atom is -0.313 e. The molecule has 78 valence electrons. The molecule has 2 nitrogen and oxygen atoms in total. The van der Waals surface area contributed by atoms with Crippen molar-refractivity contribution in [3.63, 3.8) is 0 Å². The first-order chi connectivity index (χ1) is 6.22. The predicted octanol–water partition coefficient (Wildman–Crippen LogP) is 1.72. The summed E-state index contributed by atoms with van der Waals surface area (Å²) >= 11 is 0. The molecule has 1 N–H and O–H groups in total. The van der Waals surface area contributed by atoms with Crippen LogP contribution in [0.2, 0.25) is 0 Å². The third-order valence-corrected chi connectivity index (χ3v) is 2.71. The molecule has 0 bridgehead atoms. The van der Waals surface area contributed by atoms with Crippen molar-refractivity contribution in [2.24, 2.45) is 5.92 Å². The fourth-order valence-electron chi connectivity index (χ4n) is 2.07. The summed E-state index contributed by atoms with van der Waals surface area (Å²) in [4.78, 5) is 2.56. The summed E-state index contributed by atoms with van der Waals surface area (Å²) in [5.74, 6) is 0.793. The first-order valence-corrected chi connectivity index (χ1v) is 5.68. The highest BCUT2D eigenvalue weighted by atomic mass is 15.1. The third-order valence-electron chi connectivity index (χ3n) is 2.71. The van der Waals surface area contributed by atoms with Gasteiger partial charge in [-0.3, -0.25) is 0 Å². The minimum absolute atomic E-state index is 0.763. The molecule has 0 spiro atoms. The average molecular weight is 184 g/mol. The molecule has 1 heterocycles. The van der Waals surface area contributed by atoms with E-state index in [0.29, 0.717) is 0 Å². The van der Waals surface area contributed by atoms with Crippen molar-refractivity contribution in [2.45, 2.75) is 39.7 Å². The highest BCUT2D eigenvalue weighted by Gasteiger charge is 2.17. The lowest BCUT2D eigenvalue weighted by atomic mass is 10.1. The summed E-state index contributed by atoms with van der Waals surface area (Å²) < 4.78 is 0. The molecule has 1 rings (SSSR count). The molecule has 0 saturated carbocycles. The van der Waals surface area contributed by atoms with E-state index in [1.807, 2.05) is 0 Å². The van der Waals surface area contributed by atoms with E-state index in [-0.39, 0.29) is 0 Å². The van der Waals surface area contributed by atoms with E-state index in [9.17, 15) is 0 Å². The van der Waals surface area contributed by atoms with Gasteiger partial charge in [-0.2, -0.15) is 0 Å². The quantitative estimate of drug-likeness (QED) is 0.700. The molecule has 1 aliphatic rings. The molecule has 1 aliphatic heterocycles. The first-order valence-electron chi connectivity index (χ1n) is 5.68. The summed E-state index contributed by atoms with van der Waals surface area (Å²) in [6, 6.07) is 0.763. The smallest absolute Gasteiger partial charge is 0.0195 e. The maximum atomic E-state index is 3.55. The van der Waals surface area contributed by atoms with Crippen LogP contribution >= 0.6 is 0 Å². The van der Waals surface area contributed by atoms with E-state index in [0.717, 1.165) is 12.0 Å². The lowest BCUT2D eigenvalue weighted by Gasteiger charge is -2.25. The van der Waals surface area contributed by atoms with Crippen LogP contribution < -0.4 is 5.32 Å². The number of rotatable bonds is 5. The number of likely N-dealkylation sites (N-methyl/N-ethyl adjacent to an activating group) is 1. The zero-order valence-electron chi connectivity index (χ0n) is 9.34. The van der Waals surface area contributed by atoms with Crippen molar-refractivity contribution >= 4 is 0 Å². The van der Waals surface area contributed by atoms with E-state index in [2.05, 4.69) is 31.0 Å². The standard InChI is InChI=1S/C11H24N2/c1-4-13(8-10(2)3)9-11-6-5-7-12-11/h10-12H,4-9H2,1-3H3/t11-/m0/s1. The van der Waals surface area contributed by atoms with E-state index in [1.165, 1.54) is 39.0 Å². The topological polar surface area (TPSA) is 15.3 Å². The summed E-state index contributed by atoms with van der Waals surface area (Å²) in [5, 5.41) is 3.55. The Balaban J connectivity index is 2.21. The van der Waals surface area contributed by atoms with Crippen molar-refractivity contribution in [3.8, 4) is 0 Å². The molecule has 0 radical (unpaired) electrons. The van der Waals surface area contributed by atoms with Gasteiger partial charge in [0.1, 0.15) is 0 Å². The van der Waals surface area contributed by atoms with Gasteiger partial charge in [-0.05, 0) is 31.8 Å². The largest absolute Gasteiger partial charge is 0.313 e. The predicted molar refractivity (Wildman–Crippen MR) is 58.0 cm³/mol. The van der Waals surface area contributed by atoms with Gasteiger partial charge in [-0.1, -0.05) is 20.8 Å². The van der Waals surface area contributed by atoms with Gasteiger partial charge >= 0.3 is 0 Å². The zero-order valence-corrected chi connectivity index (χ0v) is 9.34. The third kappa shape index (κ3) is 4.10. The number of nitrogens with zero attached hydrogens (tertiary/aromatic N) is 1. The van der Waals surface area contributed by atoms with Crippen LogP contribution in [0.3, 0.4) is 0 Å². The molecule has 0 amide bonds. The van der Waals surface area contributed by atoms with Gasteiger partial charge in [0, 0.05) is 19.1 Å². The maximum absolute atomic E-state index is 3.55. The Morgan fingerprint density at radius 1 is 1.46 bits per heavy atom. The molecule has 0 unspecified atom stereocenters. The van der Waals surface area contributed by atoms with Crippen LogP contribution in [0.4, 0.5) is 0 Å². The van der Waals surface area contributed by atoms with Crippen molar-refractivity contribution in [1.29, 1.82) is 0 Å². The molecule has 1 fully saturated rings. The highest BCUT2D eigenvalue weighted by Crippen LogP contribution is 2.08. The molecule has 1 atom stereocenters. The lowest BCUT2D eigenvalue weighted by Crippen LogP contribution is -2.39. The van der Waals surface area contributed by atoms with Gasteiger partial charge in [0.2, 0.25) is 0 Å². The van der Waals surface area contributed by atoms with Crippen molar-refractivity contribution < 1.29 is 0 Å². The second-order valence-corrected chi connectivity index (χ2v) is 4.54. The number of nitrogens with one attached hydrogen (secondary N) is 1. The van der Waals surface area contributed by atoms with E-state index in [1.54, 1.807) is 0 Å². The van der Waals surface area contributed by atoms with Gasteiger partial charge in [0.15, 0.2) is 0 Å². The van der Waals surface area contributed by atoms with Gasteiger partial charge < -0.3 is 10.2 Å². The van der Waals surface area contributed by atoms with Crippen LogP contribution in [0, 0.1) is 5.92 Å². The normalized spacial score (nSPS) is 23.3. The Morgan fingerprint density at radius 3 is 2.69 bits per heavy atom. The van der Waals surface area contributed by atoms with Crippen molar-refractivity contribution in [1.82, 2.24) is 10.2 Å². The molecule has 1 saturated heterocycles. The lowest BCUT2D eigenvalue weighted by molar-refractivity contribution is 0.235. The Morgan fingerprint density at radius 2 is 2.23 bits per heavy atom. The second-order valence-electron chi connectivity index (χ2n) is 4.54. The van der Waals surface area contributed by atoms with Crippen molar-refractivity contribution in [3.05, 3.63) is 0 Å².